The van der Waals surface area contributed by atoms with Crippen molar-refractivity contribution in [2.75, 3.05) is 32.7 Å². The van der Waals surface area contributed by atoms with Gasteiger partial charge >= 0.3 is 0 Å². The van der Waals surface area contributed by atoms with Crippen LogP contribution in [0.15, 0.2) is 24.3 Å². The minimum absolute atomic E-state index is 0.572. The Balaban J connectivity index is 1.90. The molecule has 1 aliphatic rings. The van der Waals surface area contributed by atoms with Crippen molar-refractivity contribution in [3.8, 4) is 0 Å². The van der Waals surface area contributed by atoms with E-state index in [0.717, 1.165) is 45.7 Å². The molecule has 0 aromatic heterocycles. The first kappa shape index (κ1) is 13.5. The highest BCUT2D eigenvalue weighted by Gasteiger charge is 2.10. The van der Waals surface area contributed by atoms with Crippen LogP contribution in [0.2, 0.25) is 0 Å². The van der Waals surface area contributed by atoms with Crippen LogP contribution in [-0.4, -0.2) is 37.6 Å². The van der Waals surface area contributed by atoms with Crippen LogP contribution in [0, 0.1) is 0 Å². The van der Waals surface area contributed by atoms with Gasteiger partial charge in [0, 0.05) is 32.7 Å². The molecule has 1 aliphatic heterocycles. The van der Waals surface area contributed by atoms with Crippen LogP contribution >= 0.6 is 0 Å². The van der Waals surface area contributed by atoms with E-state index in [9.17, 15) is 0 Å². The van der Waals surface area contributed by atoms with Crippen LogP contribution in [0.3, 0.4) is 0 Å². The number of rotatable bonds is 5. The van der Waals surface area contributed by atoms with Crippen LogP contribution in [0.5, 0.6) is 0 Å². The molecule has 0 aliphatic carbocycles. The summed E-state index contributed by atoms with van der Waals surface area (Å²) < 4.78 is 0. The zero-order chi connectivity index (χ0) is 12.8. The van der Waals surface area contributed by atoms with Gasteiger partial charge in [-0.1, -0.05) is 31.2 Å². The highest BCUT2D eigenvalue weighted by Crippen LogP contribution is 2.19. The van der Waals surface area contributed by atoms with Crippen molar-refractivity contribution < 1.29 is 0 Å². The largest absolute Gasteiger partial charge is 0.330 e. The van der Waals surface area contributed by atoms with E-state index in [-0.39, 0.29) is 0 Å². The maximum Gasteiger partial charge on any atom is 0.0234 e. The lowest BCUT2D eigenvalue weighted by Gasteiger charge is -2.27. The van der Waals surface area contributed by atoms with Crippen molar-refractivity contribution in [2.45, 2.75) is 25.8 Å². The molecule has 1 saturated heterocycles. The maximum absolute atomic E-state index is 5.61. The van der Waals surface area contributed by atoms with E-state index in [1.54, 1.807) is 0 Å². The molecule has 1 heterocycles. The minimum atomic E-state index is 0.572. The van der Waals surface area contributed by atoms with Crippen LogP contribution < -0.4 is 11.1 Å². The monoisotopic (exact) mass is 247 g/mol. The van der Waals surface area contributed by atoms with Crippen molar-refractivity contribution in [1.29, 1.82) is 0 Å². The lowest BCUT2D eigenvalue weighted by molar-refractivity contribution is 0.233. The summed E-state index contributed by atoms with van der Waals surface area (Å²) in [4.78, 5) is 2.51. The molecule has 0 amide bonds. The molecule has 0 spiro atoms. The van der Waals surface area contributed by atoms with Gasteiger partial charge in [0.2, 0.25) is 0 Å². The van der Waals surface area contributed by atoms with E-state index in [2.05, 4.69) is 41.4 Å². The number of hydrogen-bond donors (Lipinski definition) is 2. The molecule has 3 N–H and O–H groups in total. The molecular weight excluding hydrogens is 222 g/mol. The molecule has 1 aromatic carbocycles. The topological polar surface area (TPSA) is 41.3 Å². The van der Waals surface area contributed by atoms with E-state index in [4.69, 9.17) is 5.73 Å². The second-order valence-electron chi connectivity index (χ2n) is 5.25. The maximum atomic E-state index is 5.61. The van der Waals surface area contributed by atoms with Crippen molar-refractivity contribution in [3.05, 3.63) is 35.4 Å². The molecule has 3 nitrogen and oxygen atoms in total. The van der Waals surface area contributed by atoms with Crippen LogP contribution in [0.25, 0.3) is 0 Å². The number of benzene rings is 1. The molecule has 1 aromatic rings. The van der Waals surface area contributed by atoms with Gasteiger partial charge in [-0.3, -0.25) is 4.90 Å². The summed E-state index contributed by atoms with van der Waals surface area (Å²) in [5.41, 5.74) is 8.43. The normalized spacial score (nSPS) is 18.8. The Hall–Kier alpha value is -0.900. The number of nitrogens with one attached hydrogen (secondary N) is 1. The molecule has 1 atom stereocenters. The summed E-state index contributed by atoms with van der Waals surface area (Å²) >= 11 is 0. The van der Waals surface area contributed by atoms with Crippen LogP contribution in [0.4, 0.5) is 0 Å². The first-order valence-corrected chi connectivity index (χ1v) is 7.01. The Labute approximate surface area is 110 Å². The standard InChI is InChI=1S/C15H25N3/c1-13(6-7-16)15-4-2-14(3-5-15)12-18-10-8-17-9-11-18/h2-5,13,17H,6-12,16H2,1H3. The van der Waals surface area contributed by atoms with E-state index in [1.165, 1.54) is 11.1 Å². The predicted octanol–water partition coefficient (Wildman–Crippen LogP) is 1.54. The van der Waals surface area contributed by atoms with Gasteiger partial charge in [0.05, 0.1) is 0 Å². The summed E-state index contributed by atoms with van der Waals surface area (Å²) in [6, 6.07) is 9.06. The second kappa shape index (κ2) is 6.88. The van der Waals surface area contributed by atoms with Gasteiger partial charge in [-0.05, 0) is 30.0 Å². The molecule has 0 radical (unpaired) electrons. The second-order valence-corrected chi connectivity index (χ2v) is 5.25. The summed E-state index contributed by atoms with van der Waals surface area (Å²) in [7, 11) is 0. The Morgan fingerprint density at radius 1 is 1.22 bits per heavy atom. The predicted molar refractivity (Wildman–Crippen MR) is 76.7 cm³/mol. The summed E-state index contributed by atoms with van der Waals surface area (Å²) in [5, 5.41) is 3.39. The van der Waals surface area contributed by atoms with Gasteiger partial charge in [-0.2, -0.15) is 0 Å². The third-order valence-corrected chi connectivity index (χ3v) is 3.76. The number of piperazine rings is 1. The molecule has 3 heteroatoms. The van der Waals surface area contributed by atoms with Gasteiger partial charge in [0.25, 0.3) is 0 Å². The number of nitrogens with zero attached hydrogens (tertiary/aromatic N) is 1. The van der Waals surface area contributed by atoms with Crippen molar-refractivity contribution in [2.24, 2.45) is 5.73 Å². The van der Waals surface area contributed by atoms with Crippen molar-refractivity contribution >= 4 is 0 Å². The average molecular weight is 247 g/mol. The molecule has 1 fully saturated rings. The molecular formula is C15H25N3. The molecule has 1 unspecified atom stereocenters. The van der Waals surface area contributed by atoms with Crippen LogP contribution in [-0.2, 0) is 6.54 Å². The highest BCUT2D eigenvalue weighted by molar-refractivity contribution is 5.25. The Kier molecular flexibility index (Phi) is 5.17. The third kappa shape index (κ3) is 3.80. The van der Waals surface area contributed by atoms with E-state index < -0.39 is 0 Å². The van der Waals surface area contributed by atoms with Crippen molar-refractivity contribution in [1.82, 2.24) is 10.2 Å². The molecule has 0 bridgehead atoms. The van der Waals surface area contributed by atoms with E-state index in [0.29, 0.717) is 5.92 Å². The SMILES string of the molecule is CC(CCN)c1ccc(CN2CCNCC2)cc1. The van der Waals surface area contributed by atoms with Gasteiger partial charge in [-0.25, -0.2) is 0 Å². The Morgan fingerprint density at radius 2 is 1.89 bits per heavy atom. The summed E-state index contributed by atoms with van der Waals surface area (Å²) in [6.07, 6.45) is 1.07. The minimum Gasteiger partial charge on any atom is -0.330 e. The molecule has 100 valence electrons. The van der Waals surface area contributed by atoms with E-state index in [1.807, 2.05) is 0 Å². The fraction of sp³-hybridized carbons (Fsp3) is 0.600. The first-order chi connectivity index (χ1) is 8.79. The van der Waals surface area contributed by atoms with Crippen molar-refractivity contribution in [3.63, 3.8) is 0 Å². The Bertz CT molecular complexity index is 341. The fourth-order valence-corrected chi connectivity index (χ4v) is 2.50. The zero-order valence-corrected chi connectivity index (χ0v) is 11.4. The number of hydrogen-bond acceptors (Lipinski definition) is 3. The molecule has 18 heavy (non-hydrogen) atoms. The zero-order valence-electron chi connectivity index (χ0n) is 11.4. The van der Waals surface area contributed by atoms with Gasteiger partial charge < -0.3 is 11.1 Å². The lowest BCUT2D eigenvalue weighted by atomic mass is 9.97. The average Bonchev–Trinajstić information content (AvgIpc) is 2.41. The number of nitrogens with two attached hydrogens (primary N) is 1. The smallest absolute Gasteiger partial charge is 0.0234 e. The molecule has 2 rings (SSSR count). The van der Waals surface area contributed by atoms with Gasteiger partial charge in [0.15, 0.2) is 0 Å². The lowest BCUT2D eigenvalue weighted by Crippen LogP contribution is -2.42. The summed E-state index contributed by atoms with van der Waals surface area (Å²) in [6.45, 7) is 8.64. The van der Waals surface area contributed by atoms with Gasteiger partial charge in [-0.15, -0.1) is 0 Å². The van der Waals surface area contributed by atoms with E-state index >= 15 is 0 Å². The quantitative estimate of drug-likeness (QED) is 0.829. The first-order valence-electron chi connectivity index (χ1n) is 7.01. The Morgan fingerprint density at radius 3 is 2.50 bits per heavy atom. The highest BCUT2D eigenvalue weighted by atomic mass is 15.2. The van der Waals surface area contributed by atoms with Gasteiger partial charge in [0.1, 0.15) is 0 Å². The molecule has 0 saturated carbocycles. The third-order valence-electron chi connectivity index (χ3n) is 3.76. The summed E-state index contributed by atoms with van der Waals surface area (Å²) in [5.74, 6) is 0.572. The fourth-order valence-electron chi connectivity index (χ4n) is 2.50. The van der Waals surface area contributed by atoms with Crippen LogP contribution in [0.1, 0.15) is 30.4 Å².